The first-order valence-electron chi connectivity index (χ1n) is 4.95. The summed E-state index contributed by atoms with van der Waals surface area (Å²) >= 11 is 17.5. The molecule has 5 heteroatoms. The second-order valence-electron chi connectivity index (χ2n) is 3.34. The van der Waals surface area contributed by atoms with Gasteiger partial charge in [0.2, 0.25) is 3.79 Å². The monoisotopic (exact) mass is 281 g/mol. The van der Waals surface area contributed by atoms with Crippen molar-refractivity contribution in [2.45, 2.75) is 23.9 Å². The molecule has 1 atom stereocenters. The van der Waals surface area contributed by atoms with Crippen LogP contribution in [0.1, 0.15) is 12.5 Å². The second kappa shape index (κ2) is 5.97. The molecular weight excluding hydrogens is 268 g/mol. The van der Waals surface area contributed by atoms with Gasteiger partial charge in [0.1, 0.15) is 0 Å². The Hall–Kier alpha value is -0.150. The van der Waals surface area contributed by atoms with Gasteiger partial charge in [0.25, 0.3) is 0 Å². The summed E-state index contributed by atoms with van der Waals surface area (Å²) in [4.78, 5) is 0. The maximum Gasteiger partial charge on any atom is 0.234 e. The van der Waals surface area contributed by atoms with Gasteiger partial charge in [0, 0.05) is 12.3 Å². The zero-order chi connectivity index (χ0) is 12.2. The molecule has 0 radical (unpaired) electrons. The molecule has 0 aliphatic heterocycles. The molecule has 0 aromatic heterocycles. The molecular formula is C11H14Cl3NO. The van der Waals surface area contributed by atoms with Crippen LogP contribution in [0.4, 0.5) is 5.69 Å². The second-order valence-corrected chi connectivity index (χ2v) is 5.71. The van der Waals surface area contributed by atoms with E-state index in [-0.39, 0.29) is 0 Å². The third kappa shape index (κ3) is 4.02. The maximum atomic E-state index is 5.82. The normalized spacial score (nSPS) is 13.6. The molecule has 1 N–H and O–H groups in total. The topological polar surface area (TPSA) is 21.3 Å². The zero-order valence-electron chi connectivity index (χ0n) is 9.14. The lowest BCUT2D eigenvalue weighted by molar-refractivity contribution is 0.0855. The Labute approximate surface area is 111 Å². The fourth-order valence-corrected chi connectivity index (χ4v) is 1.61. The summed E-state index contributed by atoms with van der Waals surface area (Å²) in [6.07, 6.45) is -0.663. The summed E-state index contributed by atoms with van der Waals surface area (Å²) in [6, 6.07) is 7.75. The first-order chi connectivity index (χ1) is 7.45. The van der Waals surface area contributed by atoms with Gasteiger partial charge in [-0.2, -0.15) is 0 Å². The van der Waals surface area contributed by atoms with Gasteiger partial charge in [-0.15, -0.1) is 0 Å². The largest absolute Gasteiger partial charge is 0.356 e. The highest BCUT2D eigenvalue weighted by atomic mass is 35.6. The summed E-state index contributed by atoms with van der Waals surface area (Å²) in [6.45, 7) is 4.30. The number of rotatable bonds is 4. The van der Waals surface area contributed by atoms with Gasteiger partial charge in [0.05, 0.1) is 0 Å². The lowest BCUT2D eigenvalue weighted by Crippen LogP contribution is -2.36. The minimum Gasteiger partial charge on any atom is -0.356 e. The number of anilines is 1. The highest BCUT2D eigenvalue weighted by Gasteiger charge is 2.33. The van der Waals surface area contributed by atoms with Crippen molar-refractivity contribution in [2.24, 2.45) is 0 Å². The van der Waals surface area contributed by atoms with Crippen molar-refractivity contribution < 1.29 is 4.74 Å². The van der Waals surface area contributed by atoms with Crippen molar-refractivity contribution in [3.8, 4) is 0 Å². The number of aryl methyl sites for hydroxylation is 1. The van der Waals surface area contributed by atoms with Gasteiger partial charge in [-0.1, -0.05) is 53.0 Å². The van der Waals surface area contributed by atoms with Crippen LogP contribution < -0.4 is 5.32 Å². The van der Waals surface area contributed by atoms with E-state index in [9.17, 15) is 0 Å². The Balaban J connectivity index is 2.80. The third-order valence-electron chi connectivity index (χ3n) is 2.06. The first kappa shape index (κ1) is 13.9. The van der Waals surface area contributed by atoms with E-state index >= 15 is 0 Å². The zero-order valence-corrected chi connectivity index (χ0v) is 11.4. The van der Waals surface area contributed by atoms with Crippen molar-refractivity contribution in [3.05, 3.63) is 29.8 Å². The van der Waals surface area contributed by atoms with Crippen LogP contribution in [0.3, 0.4) is 0 Å². The Kier molecular flexibility index (Phi) is 5.19. The number of nitrogens with one attached hydrogen (secondary N) is 1. The van der Waals surface area contributed by atoms with Crippen LogP contribution in [0.2, 0.25) is 0 Å². The summed E-state index contributed by atoms with van der Waals surface area (Å²) in [5, 5.41) is 3.07. The first-order valence-corrected chi connectivity index (χ1v) is 6.09. The molecule has 16 heavy (non-hydrogen) atoms. The SMILES string of the molecule is CCOC(Nc1ccccc1C)C(Cl)(Cl)Cl. The fourth-order valence-electron chi connectivity index (χ4n) is 1.26. The molecule has 90 valence electrons. The van der Waals surface area contributed by atoms with Gasteiger partial charge < -0.3 is 10.1 Å². The molecule has 1 unspecified atom stereocenters. The van der Waals surface area contributed by atoms with Crippen molar-refractivity contribution in [2.75, 3.05) is 11.9 Å². The molecule has 0 saturated heterocycles. The molecule has 0 amide bonds. The average Bonchev–Trinajstić information content (AvgIpc) is 2.19. The van der Waals surface area contributed by atoms with Crippen molar-refractivity contribution in [3.63, 3.8) is 0 Å². The molecule has 0 fully saturated rings. The van der Waals surface area contributed by atoms with E-state index in [1.54, 1.807) is 0 Å². The quantitative estimate of drug-likeness (QED) is 0.662. The molecule has 0 saturated carbocycles. The van der Waals surface area contributed by atoms with Gasteiger partial charge in [0.15, 0.2) is 6.23 Å². The Morgan fingerprint density at radius 1 is 1.31 bits per heavy atom. The molecule has 1 rings (SSSR count). The van der Waals surface area contributed by atoms with E-state index in [0.29, 0.717) is 6.61 Å². The molecule has 1 aromatic rings. The van der Waals surface area contributed by atoms with Crippen LogP contribution in [-0.2, 0) is 4.74 Å². The molecule has 0 spiro atoms. The number of hydrogen-bond donors (Lipinski definition) is 1. The number of alkyl halides is 3. The Morgan fingerprint density at radius 3 is 2.44 bits per heavy atom. The third-order valence-corrected chi connectivity index (χ3v) is 2.66. The summed E-state index contributed by atoms with van der Waals surface area (Å²) in [5.41, 5.74) is 1.97. The smallest absolute Gasteiger partial charge is 0.234 e. The molecule has 1 aromatic carbocycles. The van der Waals surface area contributed by atoms with E-state index in [4.69, 9.17) is 39.5 Å². The lowest BCUT2D eigenvalue weighted by Gasteiger charge is -2.26. The van der Waals surface area contributed by atoms with Crippen LogP contribution in [0.5, 0.6) is 0 Å². The molecule has 0 aliphatic carbocycles. The standard InChI is InChI=1S/C11H14Cl3NO/c1-3-16-10(11(12,13)14)15-9-7-5-4-6-8(9)2/h4-7,10,15H,3H2,1-2H3. The molecule has 0 heterocycles. The van der Waals surface area contributed by atoms with Crippen molar-refractivity contribution in [1.82, 2.24) is 0 Å². The number of ether oxygens (including phenoxy) is 1. The molecule has 0 aliphatic rings. The summed E-state index contributed by atoms with van der Waals surface area (Å²) in [5.74, 6) is 0. The van der Waals surface area contributed by atoms with E-state index in [1.165, 1.54) is 0 Å². The summed E-state index contributed by atoms with van der Waals surface area (Å²) < 4.78 is 3.86. The number of hydrogen-bond acceptors (Lipinski definition) is 2. The highest BCUT2D eigenvalue weighted by Crippen LogP contribution is 2.33. The van der Waals surface area contributed by atoms with Gasteiger partial charge >= 0.3 is 0 Å². The fraction of sp³-hybridized carbons (Fsp3) is 0.455. The van der Waals surface area contributed by atoms with Crippen LogP contribution in [0.25, 0.3) is 0 Å². The summed E-state index contributed by atoms with van der Waals surface area (Å²) in [7, 11) is 0. The van der Waals surface area contributed by atoms with Gasteiger partial charge in [-0.05, 0) is 25.5 Å². The average molecular weight is 283 g/mol. The van der Waals surface area contributed by atoms with Gasteiger partial charge in [-0.3, -0.25) is 0 Å². The number of para-hydroxylation sites is 1. The predicted octanol–water partition coefficient (Wildman–Crippen LogP) is 4.14. The lowest BCUT2D eigenvalue weighted by atomic mass is 10.2. The minimum atomic E-state index is -1.50. The van der Waals surface area contributed by atoms with E-state index in [2.05, 4.69) is 5.32 Å². The van der Waals surface area contributed by atoms with E-state index in [1.807, 2.05) is 38.1 Å². The maximum absolute atomic E-state index is 5.82. The number of benzene rings is 1. The highest BCUT2D eigenvalue weighted by molar-refractivity contribution is 6.68. The van der Waals surface area contributed by atoms with Crippen molar-refractivity contribution >= 4 is 40.5 Å². The number of halogens is 3. The van der Waals surface area contributed by atoms with Crippen molar-refractivity contribution in [1.29, 1.82) is 0 Å². The van der Waals surface area contributed by atoms with E-state index < -0.39 is 10.0 Å². The van der Waals surface area contributed by atoms with Crippen LogP contribution in [-0.4, -0.2) is 16.6 Å². The van der Waals surface area contributed by atoms with E-state index in [0.717, 1.165) is 11.3 Å². The Morgan fingerprint density at radius 2 is 1.94 bits per heavy atom. The van der Waals surface area contributed by atoms with Crippen LogP contribution in [0.15, 0.2) is 24.3 Å². The van der Waals surface area contributed by atoms with Crippen LogP contribution >= 0.6 is 34.8 Å². The Bertz CT molecular complexity index is 338. The van der Waals surface area contributed by atoms with Crippen LogP contribution in [0, 0.1) is 6.92 Å². The molecule has 0 bridgehead atoms. The molecule has 2 nitrogen and oxygen atoms in total. The van der Waals surface area contributed by atoms with Gasteiger partial charge in [-0.25, -0.2) is 0 Å². The minimum absolute atomic E-state index is 0.470. The predicted molar refractivity (Wildman–Crippen MR) is 70.5 cm³/mol.